The number of nitrogens with two attached hydrogens (primary N) is 2. The van der Waals surface area contributed by atoms with Crippen LogP contribution in [-0.2, 0) is 16.0 Å². The standard InChI is InChI=1S/C15H23N3O2/c1-3-10(2)13(16)15(20)18-12(14(17)19)9-11-7-5-4-6-8-11/h4-8,10,12-13H,3,9,16H2,1-2H3,(H2,17,19)(H,18,20)/t10-,12+,13-/m1/s1. The molecule has 3 atom stereocenters. The number of amides is 2. The second-order valence-corrected chi connectivity index (χ2v) is 5.06. The molecule has 20 heavy (non-hydrogen) atoms. The van der Waals surface area contributed by atoms with E-state index in [4.69, 9.17) is 11.5 Å². The average Bonchev–Trinajstić information content (AvgIpc) is 2.45. The van der Waals surface area contributed by atoms with Gasteiger partial charge < -0.3 is 16.8 Å². The zero-order valence-corrected chi connectivity index (χ0v) is 12.0. The van der Waals surface area contributed by atoms with Gasteiger partial charge in [-0.25, -0.2) is 0 Å². The molecule has 0 radical (unpaired) electrons. The quantitative estimate of drug-likeness (QED) is 0.679. The Morgan fingerprint density at radius 2 is 1.85 bits per heavy atom. The Morgan fingerprint density at radius 1 is 1.25 bits per heavy atom. The van der Waals surface area contributed by atoms with Gasteiger partial charge in [0.2, 0.25) is 11.8 Å². The Bertz CT molecular complexity index is 448. The fourth-order valence-electron chi connectivity index (χ4n) is 1.85. The number of carbonyl (C=O) groups is 2. The summed E-state index contributed by atoms with van der Waals surface area (Å²) in [6.07, 6.45) is 1.17. The third-order valence-electron chi connectivity index (χ3n) is 3.50. The summed E-state index contributed by atoms with van der Waals surface area (Å²) in [6.45, 7) is 3.87. The predicted octanol–water partition coefficient (Wildman–Crippen LogP) is 0.573. The summed E-state index contributed by atoms with van der Waals surface area (Å²) < 4.78 is 0. The average molecular weight is 277 g/mol. The number of benzene rings is 1. The Hall–Kier alpha value is -1.88. The molecular formula is C15H23N3O2. The SMILES string of the molecule is CC[C@@H](C)[C@@H](N)C(=O)N[C@@H](Cc1ccccc1)C(N)=O. The van der Waals surface area contributed by atoms with Gasteiger partial charge in [-0.1, -0.05) is 50.6 Å². The van der Waals surface area contributed by atoms with E-state index in [1.807, 2.05) is 44.2 Å². The molecule has 0 bridgehead atoms. The van der Waals surface area contributed by atoms with Gasteiger partial charge in [0, 0.05) is 6.42 Å². The van der Waals surface area contributed by atoms with Crippen molar-refractivity contribution < 1.29 is 9.59 Å². The van der Waals surface area contributed by atoms with Crippen LogP contribution < -0.4 is 16.8 Å². The van der Waals surface area contributed by atoms with Crippen LogP contribution in [0.3, 0.4) is 0 Å². The Balaban J connectivity index is 2.68. The van der Waals surface area contributed by atoms with Crippen LogP contribution in [0.4, 0.5) is 0 Å². The first-order valence-corrected chi connectivity index (χ1v) is 6.84. The van der Waals surface area contributed by atoms with E-state index < -0.39 is 18.0 Å². The molecule has 5 nitrogen and oxygen atoms in total. The maximum atomic E-state index is 12.0. The molecule has 1 aromatic rings. The van der Waals surface area contributed by atoms with Crippen molar-refractivity contribution in [2.45, 2.75) is 38.8 Å². The number of rotatable bonds is 7. The zero-order chi connectivity index (χ0) is 15.1. The Labute approximate surface area is 119 Å². The highest BCUT2D eigenvalue weighted by Gasteiger charge is 2.24. The lowest BCUT2D eigenvalue weighted by atomic mass is 9.98. The van der Waals surface area contributed by atoms with E-state index in [0.717, 1.165) is 12.0 Å². The zero-order valence-electron chi connectivity index (χ0n) is 12.0. The van der Waals surface area contributed by atoms with E-state index in [-0.39, 0.29) is 11.8 Å². The highest BCUT2D eigenvalue weighted by Crippen LogP contribution is 2.07. The lowest BCUT2D eigenvalue weighted by Crippen LogP contribution is -2.53. The van der Waals surface area contributed by atoms with Gasteiger partial charge in [0.25, 0.3) is 0 Å². The fourth-order valence-corrected chi connectivity index (χ4v) is 1.85. The van der Waals surface area contributed by atoms with Crippen molar-refractivity contribution in [3.63, 3.8) is 0 Å². The molecule has 5 N–H and O–H groups in total. The van der Waals surface area contributed by atoms with Gasteiger partial charge in [0.15, 0.2) is 0 Å². The summed E-state index contributed by atoms with van der Waals surface area (Å²) in [5.74, 6) is -0.835. The molecule has 110 valence electrons. The number of carbonyl (C=O) groups excluding carboxylic acids is 2. The number of nitrogens with one attached hydrogen (secondary N) is 1. The van der Waals surface area contributed by atoms with Crippen LogP contribution in [0.1, 0.15) is 25.8 Å². The smallest absolute Gasteiger partial charge is 0.240 e. The second-order valence-electron chi connectivity index (χ2n) is 5.06. The van der Waals surface area contributed by atoms with E-state index in [1.165, 1.54) is 0 Å². The molecule has 0 unspecified atom stereocenters. The summed E-state index contributed by atoms with van der Waals surface area (Å²) in [5.41, 5.74) is 12.1. The molecule has 0 aromatic heterocycles. The number of primary amides is 1. The topological polar surface area (TPSA) is 98.2 Å². The fraction of sp³-hybridized carbons (Fsp3) is 0.467. The second kappa shape index (κ2) is 7.65. The molecule has 2 amide bonds. The highest BCUT2D eigenvalue weighted by atomic mass is 16.2. The minimum atomic E-state index is -0.736. The van der Waals surface area contributed by atoms with Gasteiger partial charge in [-0.15, -0.1) is 0 Å². The van der Waals surface area contributed by atoms with Gasteiger partial charge >= 0.3 is 0 Å². The van der Waals surface area contributed by atoms with Gasteiger partial charge in [-0.05, 0) is 11.5 Å². The van der Waals surface area contributed by atoms with E-state index >= 15 is 0 Å². The van der Waals surface area contributed by atoms with E-state index in [0.29, 0.717) is 6.42 Å². The molecule has 0 aliphatic rings. The summed E-state index contributed by atoms with van der Waals surface area (Å²) in [5, 5.41) is 2.64. The number of hydrogen-bond acceptors (Lipinski definition) is 3. The molecule has 0 heterocycles. The van der Waals surface area contributed by atoms with Crippen molar-refractivity contribution in [2.75, 3.05) is 0 Å². The van der Waals surface area contributed by atoms with Crippen molar-refractivity contribution in [1.82, 2.24) is 5.32 Å². The predicted molar refractivity (Wildman–Crippen MR) is 78.7 cm³/mol. The van der Waals surface area contributed by atoms with Crippen molar-refractivity contribution >= 4 is 11.8 Å². The third-order valence-corrected chi connectivity index (χ3v) is 3.50. The van der Waals surface area contributed by atoms with Gasteiger partial charge in [-0.3, -0.25) is 9.59 Å². The van der Waals surface area contributed by atoms with Crippen LogP contribution in [0, 0.1) is 5.92 Å². The minimum Gasteiger partial charge on any atom is -0.368 e. The van der Waals surface area contributed by atoms with Gasteiger partial charge in [0.1, 0.15) is 6.04 Å². The van der Waals surface area contributed by atoms with Crippen LogP contribution in [-0.4, -0.2) is 23.9 Å². The first-order valence-electron chi connectivity index (χ1n) is 6.84. The van der Waals surface area contributed by atoms with Crippen LogP contribution in [0.15, 0.2) is 30.3 Å². The first-order chi connectivity index (χ1) is 9.45. The summed E-state index contributed by atoms with van der Waals surface area (Å²) in [7, 11) is 0. The van der Waals surface area contributed by atoms with Crippen molar-refractivity contribution in [1.29, 1.82) is 0 Å². The van der Waals surface area contributed by atoms with Crippen molar-refractivity contribution in [3.8, 4) is 0 Å². The number of hydrogen-bond donors (Lipinski definition) is 3. The van der Waals surface area contributed by atoms with E-state index in [9.17, 15) is 9.59 Å². The maximum absolute atomic E-state index is 12.0. The molecular weight excluding hydrogens is 254 g/mol. The Kier molecular flexibility index (Phi) is 6.18. The Morgan fingerprint density at radius 3 is 2.35 bits per heavy atom. The van der Waals surface area contributed by atoms with Crippen LogP contribution in [0.5, 0.6) is 0 Å². The van der Waals surface area contributed by atoms with Crippen LogP contribution >= 0.6 is 0 Å². The van der Waals surface area contributed by atoms with Crippen LogP contribution in [0.25, 0.3) is 0 Å². The molecule has 0 aliphatic heterocycles. The largest absolute Gasteiger partial charge is 0.368 e. The third kappa shape index (κ3) is 4.66. The highest BCUT2D eigenvalue weighted by molar-refractivity contribution is 5.89. The molecule has 0 aliphatic carbocycles. The lowest BCUT2D eigenvalue weighted by molar-refractivity contribution is -0.128. The molecule has 5 heteroatoms. The molecule has 0 saturated carbocycles. The maximum Gasteiger partial charge on any atom is 0.240 e. The molecule has 1 aromatic carbocycles. The molecule has 0 spiro atoms. The van der Waals surface area contributed by atoms with E-state index in [1.54, 1.807) is 0 Å². The minimum absolute atomic E-state index is 0.0558. The summed E-state index contributed by atoms with van der Waals surface area (Å²) in [4.78, 5) is 23.5. The van der Waals surface area contributed by atoms with Gasteiger partial charge in [-0.2, -0.15) is 0 Å². The van der Waals surface area contributed by atoms with E-state index in [2.05, 4.69) is 5.32 Å². The van der Waals surface area contributed by atoms with Crippen molar-refractivity contribution in [3.05, 3.63) is 35.9 Å². The summed E-state index contributed by atoms with van der Waals surface area (Å²) >= 11 is 0. The van der Waals surface area contributed by atoms with Crippen molar-refractivity contribution in [2.24, 2.45) is 17.4 Å². The van der Waals surface area contributed by atoms with Crippen LogP contribution in [0.2, 0.25) is 0 Å². The molecule has 0 fully saturated rings. The normalized spacial score (nSPS) is 15.2. The molecule has 0 saturated heterocycles. The summed E-state index contributed by atoms with van der Waals surface area (Å²) in [6, 6.07) is 8.05. The monoisotopic (exact) mass is 277 g/mol. The lowest BCUT2D eigenvalue weighted by Gasteiger charge is -2.21. The van der Waals surface area contributed by atoms with Gasteiger partial charge in [0.05, 0.1) is 6.04 Å². The molecule has 1 rings (SSSR count). The first kappa shape index (κ1) is 16.2.